The minimum Gasteiger partial charge on any atom is -0.493 e. The summed E-state index contributed by atoms with van der Waals surface area (Å²) < 4.78 is 27.0. The molecule has 0 fully saturated rings. The predicted octanol–water partition coefficient (Wildman–Crippen LogP) is 2.88. The highest BCUT2D eigenvalue weighted by Gasteiger charge is 2.25. The van der Waals surface area contributed by atoms with Crippen molar-refractivity contribution in [2.24, 2.45) is 11.0 Å². The third-order valence-corrected chi connectivity index (χ3v) is 5.95. The highest BCUT2D eigenvalue weighted by molar-refractivity contribution is 14.1. The van der Waals surface area contributed by atoms with Gasteiger partial charge in [-0.05, 0) is 71.3 Å². The molecule has 2 N–H and O–H groups in total. The standard InChI is InChI=1S/C25H28IN3O8/c1-5-34-21(30)12-35-23-17(26)8-15(9-20(23)33-4)11-27-29-25(32)22(14(2)3)28-24(31)16-6-7-18-19(10-16)37-13-36-18/h6-11,14,22H,5,12-13H2,1-4H3,(H,28,31)(H,29,32). The van der Waals surface area contributed by atoms with Crippen LogP contribution in [0.1, 0.15) is 36.7 Å². The molecule has 11 nitrogen and oxygen atoms in total. The van der Waals surface area contributed by atoms with Crippen LogP contribution in [-0.2, 0) is 14.3 Å². The molecule has 0 aromatic heterocycles. The predicted molar refractivity (Wildman–Crippen MR) is 142 cm³/mol. The van der Waals surface area contributed by atoms with Crippen LogP contribution in [0, 0.1) is 9.49 Å². The molecule has 1 atom stereocenters. The lowest BCUT2D eigenvalue weighted by atomic mass is 10.0. The molecule has 0 saturated heterocycles. The summed E-state index contributed by atoms with van der Waals surface area (Å²) in [5.41, 5.74) is 3.44. The van der Waals surface area contributed by atoms with E-state index in [0.29, 0.717) is 37.7 Å². The number of ether oxygens (including phenoxy) is 5. The Morgan fingerprint density at radius 3 is 2.62 bits per heavy atom. The van der Waals surface area contributed by atoms with Crippen LogP contribution in [-0.4, -0.2) is 57.2 Å². The topological polar surface area (TPSA) is 134 Å². The molecule has 198 valence electrons. The molecule has 2 aromatic carbocycles. The van der Waals surface area contributed by atoms with Crippen LogP contribution >= 0.6 is 22.6 Å². The Balaban J connectivity index is 1.64. The Hall–Kier alpha value is -3.55. The fourth-order valence-corrected chi connectivity index (χ4v) is 4.11. The van der Waals surface area contributed by atoms with Crippen molar-refractivity contribution >= 4 is 46.6 Å². The first-order chi connectivity index (χ1) is 17.7. The third kappa shape index (κ3) is 7.47. The normalized spacial score (nSPS) is 12.8. The minimum atomic E-state index is -0.830. The summed E-state index contributed by atoms with van der Waals surface area (Å²) >= 11 is 2.05. The van der Waals surface area contributed by atoms with Crippen LogP contribution < -0.4 is 29.7 Å². The van der Waals surface area contributed by atoms with Gasteiger partial charge in [-0.25, -0.2) is 10.2 Å². The van der Waals surface area contributed by atoms with Crippen molar-refractivity contribution < 1.29 is 38.1 Å². The molecule has 0 bridgehead atoms. The van der Waals surface area contributed by atoms with E-state index in [1.165, 1.54) is 13.3 Å². The number of hydrogen-bond acceptors (Lipinski definition) is 9. The number of benzene rings is 2. The van der Waals surface area contributed by atoms with Gasteiger partial charge in [-0.1, -0.05) is 13.8 Å². The highest BCUT2D eigenvalue weighted by Crippen LogP contribution is 2.34. The van der Waals surface area contributed by atoms with E-state index in [2.05, 4.69) is 15.8 Å². The number of nitrogens with zero attached hydrogens (tertiary/aromatic N) is 1. The van der Waals surface area contributed by atoms with E-state index in [-0.39, 0.29) is 25.9 Å². The molecular formula is C25H28IN3O8. The lowest BCUT2D eigenvalue weighted by Gasteiger charge is -2.20. The number of carbonyl (C=O) groups is 3. The smallest absolute Gasteiger partial charge is 0.344 e. The Morgan fingerprint density at radius 1 is 1.16 bits per heavy atom. The van der Waals surface area contributed by atoms with E-state index < -0.39 is 23.8 Å². The minimum absolute atomic E-state index is 0.101. The number of halogens is 1. The first kappa shape index (κ1) is 28.0. The second-order valence-corrected chi connectivity index (χ2v) is 9.29. The van der Waals surface area contributed by atoms with Gasteiger partial charge in [0.05, 0.1) is 23.5 Å². The summed E-state index contributed by atoms with van der Waals surface area (Å²) in [5, 5.41) is 6.77. The summed E-state index contributed by atoms with van der Waals surface area (Å²) in [6.07, 6.45) is 1.44. The van der Waals surface area contributed by atoms with E-state index in [0.717, 1.165) is 0 Å². The van der Waals surface area contributed by atoms with Gasteiger partial charge in [0.1, 0.15) is 6.04 Å². The molecule has 0 spiro atoms. The number of hydrogen-bond donors (Lipinski definition) is 2. The number of nitrogens with one attached hydrogen (secondary N) is 2. The van der Waals surface area contributed by atoms with E-state index in [4.69, 9.17) is 23.7 Å². The zero-order valence-electron chi connectivity index (χ0n) is 20.8. The van der Waals surface area contributed by atoms with Crippen LogP contribution in [0.25, 0.3) is 0 Å². The van der Waals surface area contributed by atoms with Crippen molar-refractivity contribution in [3.8, 4) is 23.0 Å². The van der Waals surface area contributed by atoms with Crippen LogP contribution in [0.4, 0.5) is 0 Å². The lowest BCUT2D eigenvalue weighted by Crippen LogP contribution is -2.48. The summed E-state index contributed by atoms with van der Waals surface area (Å²) in [7, 11) is 1.47. The van der Waals surface area contributed by atoms with Gasteiger partial charge in [0.2, 0.25) is 6.79 Å². The number of rotatable bonds is 11. The molecule has 1 aliphatic rings. The van der Waals surface area contributed by atoms with Crippen LogP contribution in [0.2, 0.25) is 0 Å². The number of fused-ring (bicyclic) bond motifs is 1. The summed E-state index contributed by atoms with van der Waals surface area (Å²) in [6.45, 7) is 5.46. The van der Waals surface area contributed by atoms with Gasteiger partial charge < -0.3 is 29.0 Å². The van der Waals surface area contributed by atoms with Gasteiger partial charge in [0.25, 0.3) is 11.8 Å². The number of carbonyl (C=O) groups excluding carboxylic acids is 3. The Bertz CT molecular complexity index is 1180. The van der Waals surface area contributed by atoms with Crippen LogP contribution in [0.3, 0.4) is 0 Å². The SMILES string of the molecule is CCOC(=O)COc1c(I)cc(C=NNC(=O)C(NC(=O)c2ccc3c(c2)OCO3)C(C)C)cc1OC. The molecule has 0 aliphatic carbocycles. The van der Waals surface area contributed by atoms with Gasteiger partial charge in [0.15, 0.2) is 29.6 Å². The molecule has 2 amide bonds. The number of hydrazone groups is 1. The summed E-state index contributed by atoms with van der Waals surface area (Å²) in [4.78, 5) is 37.2. The maximum absolute atomic E-state index is 12.8. The molecule has 2 aromatic rings. The van der Waals surface area contributed by atoms with Crippen LogP contribution in [0.15, 0.2) is 35.4 Å². The van der Waals surface area contributed by atoms with E-state index in [1.54, 1.807) is 37.3 Å². The molecule has 1 heterocycles. The second kappa shape index (κ2) is 13.1. The Labute approximate surface area is 228 Å². The van der Waals surface area contributed by atoms with Crippen molar-refractivity contribution in [2.45, 2.75) is 26.8 Å². The maximum atomic E-state index is 12.8. The van der Waals surface area contributed by atoms with Crippen molar-refractivity contribution in [2.75, 3.05) is 27.1 Å². The molecule has 37 heavy (non-hydrogen) atoms. The van der Waals surface area contributed by atoms with Gasteiger partial charge in [-0.15, -0.1) is 0 Å². The monoisotopic (exact) mass is 625 g/mol. The van der Waals surface area contributed by atoms with Crippen LogP contribution in [0.5, 0.6) is 23.0 Å². The first-order valence-corrected chi connectivity index (χ1v) is 12.5. The molecule has 12 heteroatoms. The Kier molecular flexibility index (Phi) is 9.94. The lowest BCUT2D eigenvalue weighted by molar-refractivity contribution is -0.145. The van der Waals surface area contributed by atoms with Crippen molar-refractivity contribution in [1.82, 2.24) is 10.7 Å². The molecular weight excluding hydrogens is 597 g/mol. The zero-order valence-corrected chi connectivity index (χ0v) is 23.0. The van der Waals surface area contributed by atoms with Gasteiger partial charge in [0, 0.05) is 5.56 Å². The molecule has 0 radical (unpaired) electrons. The molecule has 1 aliphatic heterocycles. The summed E-state index contributed by atoms with van der Waals surface area (Å²) in [5.74, 6) is 0.233. The van der Waals surface area contributed by atoms with Gasteiger partial charge in [-0.3, -0.25) is 9.59 Å². The van der Waals surface area contributed by atoms with Crippen molar-refractivity contribution in [3.05, 3.63) is 45.0 Å². The average Bonchev–Trinajstić information content (AvgIpc) is 3.34. The van der Waals surface area contributed by atoms with Crippen molar-refractivity contribution in [1.29, 1.82) is 0 Å². The number of esters is 1. The summed E-state index contributed by atoms with van der Waals surface area (Å²) in [6, 6.07) is 7.39. The zero-order chi connectivity index (χ0) is 26.9. The van der Waals surface area contributed by atoms with E-state index in [1.807, 2.05) is 36.4 Å². The van der Waals surface area contributed by atoms with Crippen molar-refractivity contribution in [3.63, 3.8) is 0 Å². The Morgan fingerprint density at radius 2 is 1.92 bits per heavy atom. The third-order valence-electron chi connectivity index (χ3n) is 5.15. The molecule has 3 rings (SSSR count). The fraction of sp³-hybridized carbons (Fsp3) is 0.360. The molecule has 0 saturated carbocycles. The molecule has 1 unspecified atom stereocenters. The number of amides is 2. The average molecular weight is 625 g/mol. The number of methoxy groups -OCH3 is 1. The largest absolute Gasteiger partial charge is 0.493 e. The van der Waals surface area contributed by atoms with Gasteiger partial charge >= 0.3 is 5.97 Å². The van der Waals surface area contributed by atoms with Gasteiger partial charge in [-0.2, -0.15) is 5.10 Å². The maximum Gasteiger partial charge on any atom is 0.344 e. The fourth-order valence-electron chi connectivity index (χ4n) is 3.33. The quantitative estimate of drug-likeness (QED) is 0.169. The van der Waals surface area contributed by atoms with E-state index in [9.17, 15) is 14.4 Å². The first-order valence-electron chi connectivity index (χ1n) is 11.4. The van der Waals surface area contributed by atoms with E-state index >= 15 is 0 Å². The second-order valence-electron chi connectivity index (χ2n) is 8.13. The highest BCUT2D eigenvalue weighted by atomic mass is 127.